The van der Waals surface area contributed by atoms with E-state index in [1.54, 1.807) is 43.3 Å². The monoisotopic (exact) mass is 384 g/mol. The van der Waals surface area contributed by atoms with E-state index in [4.69, 9.17) is 14.2 Å². The topological polar surface area (TPSA) is 85.9 Å². The molecule has 2 amide bonds. The van der Waals surface area contributed by atoms with E-state index in [1.165, 1.54) is 7.11 Å². The second kappa shape index (κ2) is 8.65. The molecule has 1 aliphatic heterocycles. The van der Waals surface area contributed by atoms with Crippen LogP contribution in [0.2, 0.25) is 0 Å². The van der Waals surface area contributed by atoms with Crippen LogP contribution in [0.5, 0.6) is 17.2 Å². The van der Waals surface area contributed by atoms with Gasteiger partial charge in [0.05, 0.1) is 19.4 Å². The summed E-state index contributed by atoms with van der Waals surface area (Å²) >= 11 is 0. The third-order valence-corrected chi connectivity index (χ3v) is 4.35. The fraction of sp³-hybridized carbons (Fsp3) is 0.333. The molecule has 1 heterocycles. The van der Waals surface area contributed by atoms with Crippen LogP contribution in [0, 0.1) is 0 Å². The molecular formula is C21H24N2O5. The maximum atomic E-state index is 12.6. The van der Waals surface area contributed by atoms with Gasteiger partial charge in [-0.3, -0.25) is 9.59 Å². The lowest BCUT2D eigenvalue weighted by Crippen LogP contribution is -2.34. The van der Waals surface area contributed by atoms with Crippen LogP contribution in [0.3, 0.4) is 0 Å². The SMILES string of the molecule is CCCCOc1ccc(C(=O)Nc2ccc3c(c2)NC(=O)[C@@H](C)O3)cc1OC. The van der Waals surface area contributed by atoms with Crippen LogP contribution < -0.4 is 24.8 Å². The first-order chi connectivity index (χ1) is 13.5. The van der Waals surface area contributed by atoms with Gasteiger partial charge in [-0.05, 0) is 49.7 Å². The fourth-order valence-electron chi connectivity index (χ4n) is 2.74. The van der Waals surface area contributed by atoms with E-state index in [0.29, 0.717) is 40.8 Å². The highest BCUT2D eigenvalue weighted by Crippen LogP contribution is 2.33. The van der Waals surface area contributed by atoms with Crippen molar-refractivity contribution in [2.75, 3.05) is 24.4 Å². The quantitative estimate of drug-likeness (QED) is 0.708. The van der Waals surface area contributed by atoms with Crippen molar-refractivity contribution >= 4 is 23.2 Å². The highest BCUT2D eigenvalue weighted by Gasteiger charge is 2.23. The molecule has 0 fully saturated rings. The first-order valence-electron chi connectivity index (χ1n) is 9.25. The van der Waals surface area contributed by atoms with Crippen molar-refractivity contribution in [1.29, 1.82) is 0 Å². The Morgan fingerprint density at radius 3 is 2.79 bits per heavy atom. The van der Waals surface area contributed by atoms with Crippen LogP contribution in [-0.4, -0.2) is 31.6 Å². The number of carbonyl (C=O) groups is 2. The number of hydrogen-bond donors (Lipinski definition) is 2. The molecule has 0 radical (unpaired) electrons. The average Bonchev–Trinajstić information content (AvgIpc) is 2.69. The van der Waals surface area contributed by atoms with E-state index in [0.717, 1.165) is 12.8 Å². The van der Waals surface area contributed by atoms with Crippen LogP contribution in [0.25, 0.3) is 0 Å². The summed E-state index contributed by atoms with van der Waals surface area (Å²) in [6.45, 7) is 4.36. The number of unbranched alkanes of at least 4 members (excludes halogenated alkanes) is 1. The zero-order valence-corrected chi connectivity index (χ0v) is 16.2. The van der Waals surface area contributed by atoms with Crippen molar-refractivity contribution in [3.63, 3.8) is 0 Å². The van der Waals surface area contributed by atoms with Crippen molar-refractivity contribution in [2.45, 2.75) is 32.8 Å². The number of fused-ring (bicyclic) bond motifs is 1. The Balaban J connectivity index is 1.72. The minimum Gasteiger partial charge on any atom is -0.493 e. The molecule has 7 heteroatoms. The molecular weight excluding hydrogens is 360 g/mol. The molecule has 2 aromatic carbocycles. The molecule has 2 aromatic rings. The van der Waals surface area contributed by atoms with Crippen LogP contribution in [0.15, 0.2) is 36.4 Å². The van der Waals surface area contributed by atoms with E-state index in [-0.39, 0.29) is 11.8 Å². The minimum absolute atomic E-state index is 0.223. The van der Waals surface area contributed by atoms with Gasteiger partial charge in [0, 0.05) is 11.3 Å². The summed E-state index contributed by atoms with van der Waals surface area (Å²) in [5.74, 6) is 1.16. The van der Waals surface area contributed by atoms with E-state index in [2.05, 4.69) is 17.6 Å². The number of anilines is 2. The van der Waals surface area contributed by atoms with Gasteiger partial charge in [0.2, 0.25) is 0 Å². The van der Waals surface area contributed by atoms with Crippen molar-refractivity contribution in [3.05, 3.63) is 42.0 Å². The standard InChI is InChI=1S/C21H24N2O5/c1-4-5-10-27-18-8-6-14(11-19(18)26-3)21(25)22-15-7-9-17-16(12-15)23-20(24)13(2)28-17/h6-9,11-13H,4-5,10H2,1-3H3,(H,22,25)(H,23,24)/t13-/m1/s1. The van der Waals surface area contributed by atoms with Crippen molar-refractivity contribution in [2.24, 2.45) is 0 Å². The van der Waals surface area contributed by atoms with Gasteiger partial charge in [-0.2, -0.15) is 0 Å². The molecule has 0 bridgehead atoms. The fourth-order valence-corrected chi connectivity index (χ4v) is 2.74. The molecule has 0 aromatic heterocycles. The lowest BCUT2D eigenvalue weighted by Gasteiger charge is -2.23. The highest BCUT2D eigenvalue weighted by molar-refractivity contribution is 6.05. The molecule has 3 rings (SSSR count). The summed E-state index contributed by atoms with van der Waals surface area (Å²) < 4.78 is 16.6. The molecule has 148 valence electrons. The predicted octanol–water partition coefficient (Wildman–Crippen LogP) is 3.85. The van der Waals surface area contributed by atoms with Crippen LogP contribution in [-0.2, 0) is 4.79 Å². The van der Waals surface area contributed by atoms with Gasteiger partial charge in [0.25, 0.3) is 11.8 Å². The zero-order valence-electron chi connectivity index (χ0n) is 16.2. The zero-order chi connectivity index (χ0) is 20.1. The summed E-state index contributed by atoms with van der Waals surface area (Å²) in [6, 6.07) is 10.2. The Morgan fingerprint density at radius 1 is 1.21 bits per heavy atom. The summed E-state index contributed by atoms with van der Waals surface area (Å²) in [5.41, 5.74) is 1.51. The summed E-state index contributed by atoms with van der Waals surface area (Å²) in [7, 11) is 1.54. The molecule has 1 aliphatic rings. The molecule has 2 N–H and O–H groups in total. The molecule has 0 saturated heterocycles. The number of ether oxygens (including phenoxy) is 3. The third kappa shape index (κ3) is 4.36. The number of carbonyl (C=O) groups excluding carboxylic acids is 2. The van der Waals surface area contributed by atoms with Gasteiger partial charge in [-0.1, -0.05) is 13.3 Å². The van der Waals surface area contributed by atoms with Gasteiger partial charge < -0.3 is 24.8 Å². The number of amides is 2. The first kappa shape index (κ1) is 19.5. The van der Waals surface area contributed by atoms with Crippen molar-refractivity contribution in [3.8, 4) is 17.2 Å². The van der Waals surface area contributed by atoms with Gasteiger partial charge in [-0.25, -0.2) is 0 Å². The lowest BCUT2D eigenvalue weighted by molar-refractivity contribution is -0.122. The second-order valence-electron chi connectivity index (χ2n) is 6.48. The first-order valence-corrected chi connectivity index (χ1v) is 9.25. The number of rotatable bonds is 7. The van der Waals surface area contributed by atoms with E-state index in [9.17, 15) is 9.59 Å². The van der Waals surface area contributed by atoms with E-state index >= 15 is 0 Å². The van der Waals surface area contributed by atoms with Crippen LogP contribution in [0.4, 0.5) is 11.4 Å². The summed E-state index contributed by atoms with van der Waals surface area (Å²) in [5, 5.41) is 5.58. The Hall–Kier alpha value is -3.22. The highest BCUT2D eigenvalue weighted by atomic mass is 16.5. The Morgan fingerprint density at radius 2 is 2.04 bits per heavy atom. The number of benzene rings is 2. The van der Waals surface area contributed by atoms with Crippen molar-refractivity contribution in [1.82, 2.24) is 0 Å². The molecule has 0 aliphatic carbocycles. The van der Waals surface area contributed by atoms with Crippen molar-refractivity contribution < 1.29 is 23.8 Å². The van der Waals surface area contributed by atoms with Gasteiger partial charge in [0.15, 0.2) is 17.6 Å². The molecule has 1 atom stereocenters. The third-order valence-electron chi connectivity index (χ3n) is 4.35. The Kier molecular flexibility index (Phi) is 6.03. The number of methoxy groups -OCH3 is 1. The minimum atomic E-state index is -0.543. The van der Waals surface area contributed by atoms with Crippen LogP contribution in [0.1, 0.15) is 37.0 Å². The largest absolute Gasteiger partial charge is 0.493 e. The number of hydrogen-bond acceptors (Lipinski definition) is 5. The maximum absolute atomic E-state index is 12.6. The number of nitrogens with one attached hydrogen (secondary N) is 2. The predicted molar refractivity (Wildman–Crippen MR) is 107 cm³/mol. The normalized spacial score (nSPS) is 15.1. The summed E-state index contributed by atoms with van der Waals surface area (Å²) in [4.78, 5) is 24.4. The van der Waals surface area contributed by atoms with Gasteiger partial charge >= 0.3 is 0 Å². The maximum Gasteiger partial charge on any atom is 0.265 e. The van der Waals surface area contributed by atoms with Gasteiger partial charge in [0.1, 0.15) is 5.75 Å². The second-order valence-corrected chi connectivity index (χ2v) is 6.48. The molecule has 7 nitrogen and oxygen atoms in total. The van der Waals surface area contributed by atoms with E-state index in [1.807, 2.05) is 0 Å². The molecule has 0 unspecified atom stereocenters. The average molecular weight is 384 g/mol. The molecule has 28 heavy (non-hydrogen) atoms. The summed E-state index contributed by atoms with van der Waals surface area (Å²) in [6.07, 6.45) is 1.44. The smallest absolute Gasteiger partial charge is 0.265 e. The Labute approximate surface area is 164 Å². The van der Waals surface area contributed by atoms with Crippen LogP contribution >= 0.6 is 0 Å². The molecule has 0 saturated carbocycles. The van der Waals surface area contributed by atoms with Gasteiger partial charge in [-0.15, -0.1) is 0 Å². The lowest BCUT2D eigenvalue weighted by atomic mass is 10.1. The van der Waals surface area contributed by atoms with E-state index < -0.39 is 6.10 Å². The molecule has 0 spiro atoms. The Bertz CT molecular complexity index is 881.